The Morgan fingerprint density at radius 3 is 2.53 bits per heavy atom. The van der Waals surface area contributed by atoms with Crippen molar-refractivity contribution >= 4 is 11.7 Å². The lowest BCUT2D eigenvalue weighted by molar-refractivity contribution is -0.129. The lowest BCUT2D eigenvalue weighted by Gasteiger charge is -2.17. The molecule has 0 radical (unpaired) electrons. The highest BCUT2D eigenvalue weighted by atomic mass is 16.2. The highest BCUT2D eigenvalue weighted by molar-refractivity contribution is 6.01. The minimum Gasteiger partial charge on any atom is -0.342 e. The molecule has 0 N–H and O–H groups in total. The molecule has 0 aromatic heterocycles. The zero-order valence-corrected chi connectivity index (χ0v) is 8.59. The molecule has 5 nitrogen and oxygen atoms in total. The van der Waals surface area contributed by atoms with Gasteiger partial charge in [0.2, 0.25) is 5.91 Å². The molecule has 1 saturated heterocycles. The van der Waals surface area contributed by atoms with Gasteiger partial charge in [0.25, 0.3) is 0 Å². The predicted molar refractivity (Wildman–Crippen MR) is 54.3 cm³/mol. The first kappa shape index (κ1) is 9.00. The van der Waals surface area contributed by atoms with Crippen LogP contribution in [0.3, 0.4) is 0 Å². The van der Waals surface area contributed by atoms with E-state index in [0.717, 1.165) is 24.9 Å². The summed E-state index contributed by atoms with van der Waals surface area (Å²) in [4.78, 5) is 13.8. The van der Waals surface area contributed by atoms with E-state index in [4.69, 9.17) is 0 Å². The first-order chi connectivity index (χ1) is 7.33. The van der Waals surface area contributed by atoms with E-state index in [2.05, 4.69) is 15.4 Å². The number of carbonyl (C=O) groups is 1. The number of hydrogen-bond acceptors (Lipinski definition) is 4. The molecule has 0 spiro atoms. The van der Waals surface area contributed by atoms with Gasteiger partial charge in [0.1, 0.15) is 0 Å². The minimum atomic E-state index is 0.168. The van der Waals surface area contributed by atoms with Crippen LogP contribution in [0.4, 0.5) is 0 Å². The number of carbonyl (C=O) groups excluding carboxylic acids is 1. The monoisotopic (exact) mass is 206 g/mol. The molecule has 5 heteroatoms. The lowest BCUT2D eigenvalue weighted by Crippen LogP contribution is -2.31. The Balaban J connectivity index is 1.57. The van der Waals surface area contributed by atoms with Crippen molar-refractivity contribution in [2.24, 2.45) is 27.3 Å². The zero-order chi connectivity index (χ0) is 10.3. The van der Waals surface area contributed by atoms with E-state index in [9.17, 15) is 4.79 Å². The largest absolute Gasteiger partial charge is 0.342 e. The van der Waals surface area contributed by atoms with Crippen LogP contribution >= 0.6 is 0 Å². The van der Waals surface area contributed by atoms with Crippen LogP contribution in [0.2, 0.25) is 0 Å². The number of nitrogens with zero attached hydrogens (tertiary/aromatic N) is 4. The average Bonchev–Trinajstić information content (AvgIpc) is 2.69. The van der Waals surface area contributed by atoms with Crippen molar-refractivity contribution in [1.82, 2.24) is 4.90 Å². The fraction of sp³-hybridized carbons (Fsp3) is 0.800. The number of fused-ring (bicyclic) bond motifs is 1. The summed E-state index contributed by atoms with van der Waals surface area (Å²) in [6.07, 6.45) is 4.28. The summed E-state index contributed by atoms with van der Waals surface area (Å²) < 4.78 is 0. The summed E-state index contributed by atoms with van der Waals surface area (Å²) in [6.45, 7) is 1.90. The maximum Gasteiger partial charge on any atom is 0.230 e. The Kier molecular flexibility index (Phi) is 2.04. The fourth-order valence-electron chi connectivity index (χ4n) is 2.86. The molecule has 1 saturated carbocycles. The molecule has 1 amide bonds. The van der Waals surface area contributed by atoms with Gasteiger partial charge in [-0.15, -0.1) is 10.2 Å². The van der Waals surface area contributed by atoms with Crippen molar-refractivity contribution in [3.05, 3.63) is 0 Å². The maximum atomic E-state index is 11.8. The normalized spacial score (nSPS) is 32.5. The molecule has 0 aromatic rings. The smallest absolute Gasteiger partial charge is 0.230 e. The van der Waals surface area contributed by atoms with Crippen LogP contribution in [0, 0.1) is 11.8 Å². The van der Waals surface area contributed by atoms with Gasteiger partial charge >= 0.3 is 0 Å². The van der Waals surface area contributed by atoms with Crippen molar-refractivity contribution in [3.8, 4) is 0 Å². The van der Waals surface area contributed by atoms with Crippen LogP contribution in [0.1, 0.15) is 25.7 Å². The number of rotatable bonds is 2. The summed E-state index contributed by atoms with van der Waals surface area (Å²) in [5, 5.41) is 10.7. The molecule has 2 unspecified atom stereocenters. The predicted octanol–water partition coefficient (Wildman–Crippen LogP) is 1.41. The molecule has 3 aliphatic rings. The summed E-state index contributed by atoms with van der Waals surface area (Å²) in [7, 11) is 0. The number of likely N-dealkylation sites (tertiary alicyclic amines) is 1. The van der Waals surface area contributed by atoms with Crippen molar-refractivity contribution in [2.45, 2.75) is 25.7 Å². The van der Waals surface area contributed by atoms with Crippen LogP contribution in [-0.4, -0.2) is 29.7 Å². The Hall–Kier alpha value is -1.26. The van der Waals surface area contributed by atoms with Gasteiger partial charge in [0.05, 0.1) is 6.42 Å². The van der Waals surface area contributed by atoms with E-state index in [1.807, 2.05) is 4.90 Å². The molecular weight excluding hydrogens is 192 g/mol. The summed E-state index contributed by atoms with van der Waals surface area (Å²) in [6, 6.07) is 0. The molecule has 0 aromatic carbocycles. The number of amidine groups is 1. The van der Waals surface area contributed by atoms with Crippen molar-refractivity contribution < 1.29 is 4.79 Å². The second kappa shape index (κ2) is 3.40. The van der Waals surface area contributed by atoms with Gasteiger partial charge in [-0.25, -0.2) is 0 Å². The van der Waals surface area contributed by atoms with Crippen LogP contribution in [0.25, 0.3) is 0 Å². The highest BCUT2D eigenvalue weighted by Gasteiger charge is 2.38. The molecule has 1 aliphatic carbocycles. The molecule has 2 aliphatic heterocycles. The van der Waals surface area contributed by atoms with Gasteiger partial charge in [0.15, 0.2) is 5.84 Å². The third kappa shape index (κ3) is 1.56. The summed E-state index contributed by atoms with van der Waals surface area (Å²) in [5.41, 5.74) is 0. The van der Waals surface area contributed by atoms with E-state index < -0.39 is 0 Å². The van der Waals surface area contributed by atoms with Gasteiger partial charge in [-0.05, 0) is 29.9 Å². The molecule has 15 heavy (non-hydrogen) atoms. The van der Waals surface area contributed by atoms with Gasteiger partial charge in [0, 0.05) is 13.1 Å². The Labute approximate surface area is 88.2 Å². The molecular formula is C10H14N4O. The molecule has 2 heterocycles. The summed E-state index contributed by atoms with van der Waals surface area (Å²) in [5.74, 6) is 2.27. The Morgan fingerprint density at radius 2 is 2.00 bits per heavy atom. The third-order valence-corrected chi connectivity index (χ3v) is 3.71. The molecule has 3 rings (SSSR count). The van der Waals surface area contributed by atoms with E-state index in [1.54, 1.807) is 0 Å². The van der Waals surface area contributed by atoms with Crippen molar-refractivity contribution in [1.29, 1.82) is 0 Å². The topological polar surface area (TPSA) is 57.4 Å². The Bertz CT molecular complexity index is 337. The first-order valence-electron chi connectivity index (χ1n) is 5.58. The number of amides is 1. The van der Waals surface area contributed by atoms with Crippen molar-refractivity contribution in [2.75, 3.05) is 13.1 Å². The average molecular weight is 206 g/mol. The maximum absolute atomic E-state index is 11.8. The Morgan fingerprint density at radius 1 is 1.33 bits per heavy atom. The molecule has 80 valence electrons. The summed E-state index contributed by atoms with van der Waals surface area (Å²) >= 11 is 0. The van der Waals surface area contributed by atoms with Crippen LogP contribution in [0.15, 0.2) is 15.4 Å². The number of hydrogen-bond donors (Lipinski definition) is 0. The standard InChI is InChI=1S/C10H14N4O/c15-10(4-9-11-13-12-9)14-5-7-2-1-3-8(7)6-14/h7-8H,1-6H2. The molecule has 2 fully saturated rings. The van der Waals surface area contributed by atoms with E-state index in [-0.39, 0.29) is 5.91 Å². The lowest BCUT2D eigenvalue weighted by atomic mass is 10.0. The van der Waals surface area contributed by atoms with Gasteiger partial charge in [-0.3, -0.25) is 4.79 Å². The van der Waals surface area contributed by atoms with E-state index in [0.29, 0.717) is 12.3 Å². The van der Waals surface area contributed by atoms with Crippen LogP contribution < -0.4 is 0 Å². The second-order valence-electron chi connectivity index (χ2n) is 4.63. The van der Waals surface area contributed by atoms with Gasteiger partial charge in [-0.1, -0.05) is 6.42 Å². The van der Waals surface area contributed by atoms with E-state index in [1.165, 1.54) is 19.3 Å². The SMILES string of the molecule is O=C(CC1=NN=N1)N1CC2CCCC2C1. The first-order valence-corrected chi connectivity index (χ1v) is 5.58. The molecule has 0 bridgehead atoms. The van der Waals surface area contributed by atoms with Gasteiger partial charge in [-0.2, -0.15) is 0 Å². The highest BCUT2D eigenvalue weighted by Crippen LogP contribution is 2.37. The van der Waals surface area contributed by atoms with Crippen LogP contribution in [0.5, 0.6) is 0 Å². The van der Waals surface area contributed by atoms with Crippen molar-refractivity contribution in [3.63, 3.8) is 0 Å². The van der Waals surface area contributed by atoms with Crippen LogP contribution in [-0.2, 0) is 4.79 Å². The quantitative estimate of drug-likeness (QED) is 0.674. The van der Waals surface area contributed by atoms with E-state index >= 15 is 0 Å². The molecule has 2 atom stereocenters. The zero-order valence-electron chi connectivity index (χ0n) is 8.59. The second-order valence-corrected chi connectivity index (χ2v) is 4.63. The third-order valence-electron chi connectivity index (χ3n) is 3.71. The fourth-order valence-corrected chi connectivity index (χ4v) is 2.86. The minimum absolute atomic E-state index is 0.168. The van der Waals surface area contributed by atoms with Gasteiger partial charge < -0.3 is 4.90 Å².